The smallest absolute Gasteiger partial charge is 0.269 e. The number of anilines is 2. The Balaban J connectivity index is 1.99. The van der Waals surface area contributed by atoms with Crippen LogP contribution in [0, 0.1) is 0 Å². The molecule has 150 valence electrons. The number of methoxy groups -OCH3 is 1. The maximum absolute atomic E-state index is 12.5. The fraction of sp³-hybridized carbons (Fsp3) is 0.381. The Bertz CT molecular complexity index is 773. The van der Waals surface area contributed by atoms with E-state index in [4.69, 9.17) is 4.74 Å². The first kappa shape index (κ1) is 21.4. The van der Waals surface area contributed by atoms with E-state index in [0.29, 0.717) is 30.8 Å². The number of aromatic nitrogens is 1. The molecule has 0 unspecified atom stereocenters. The number of rotatable bonds is 10. The highest BCUT2D eigenvalue weighted by atomic mass is 16.5. The molecule has 0 spiro atoms. The highest BCUT2D eigenvalue weighted by Crippen LogP contribution is 2.18. The van der Waals surface area contributed by atoms with Crippen molar-refractivity contribution < 1.29 is 14.3 Å². The van der Waals surface area contributed by atoms with Crippen molar-refractivity contribution in [1.29, 1.82) is 0 Å². The van der Waals surface area contributed by atoms with Crippen molar-refractivity contribution >= 4 is 23.2 Å². The van der Waals surface area contributed by atoms with Gasteiger partial charge >= 0.3 is 0 Å². The quantitative estimate of drug-likeness (QED) is 0.616. The lowest BCUT2D eigenvalue weighted by Crippen LogP contribution is -2.26. The van der Waals surface area contributed by atoms with Crippen molar-refractivity contribution in [1.82, 2.24) is 10.3 Å². The molecule has 1 aromatic heterocycles. The van der Waals surface area contributed by atoms with E-state index in [0.717, 1.165) is 18.8 Å². The summed E-state index contributed by atoms with van der Waals surface area (Å²) >= 11 is 0. The van der Waals surface area contributed by atoms with Gasteiger partial charge in [-0.25, -0.2) is 0 Å². The molecule has 2 aromatic rings. The number of pyridine rings is 1. The summed E-state index contributed by atoms with van der Waals surface area (Å²) in [6.45, 7) is 7.12. The maximum Gasteiger partial charge on any atom is 0.269 e. The van der Waals surface area contributed by atoms with Crippen molar-refractivity contribution in [3.8, 4) is 0 Å². The van der Waals surface area contributed by atoms with Crippen LogP contribution in [0.2, 0.25) is 0 Å². The predicted octanol–water partition coefficient (Wildman–Crippen LogP) is 2.95. The maximum atomic E-state index is 12.5. The molecule has 2 rings (SSSR count). The molecular formula is C21H28N4O3. The van der Waals surface area contributed by atoms with Gasteiger partial charge in [0.25, 0.3) is 11.8 Å². The van der Waals surface area contributed by atoms with Crippen LogP contribution in [-0.2, 0) is 4.74 Å². The van der Waals surface area contributed by atoms with Gasteiger partial charge in [0, 0.05) is 56.5 Å². The molecule has 1 heterocycles. The van der Waals surface area contributed by atoms with Gasteiger partial charge in [0.05, 0.1) is 0 Å². The standard InChI is InChI=1S/C21H28N4O3/c1-4-25(5-2)18-9-7-17(8-10-18)24-20(26)16-11-13-22-19(15-16)21(27)23-12-6-14-28-3/h7-11,13,15H,4-6,12,14H2,1-3H3,(H,23,27)(H,24,26). The molecule has 2 amide bonds. The van der Waals surface area contributed by atoms with Crippen molar-refractivity contribution in [3.63, 3.8) is 0 Å². The first-order chi connectivity index (χ1) is 13.6. The molecule has 0 bridgehead atoms. The van der Waals surface area contributed by atoms with Crippen LogP contribution in [0.25, 0.3) is 0 Å². The van der Waals surface area contributed by atoms with Gasteiger partial charge in [-0.2, -0.15) is 0 Å². The molecule has 0 saturated carbocycles. The summed E-state index contributed by atoms with van der Waals surface area (Å²) in [5.41, 5.74) is 2.40. The Morgan fingerprint density at radius 3 is 2.43 bits per heavy atom. The van der Waals surface area contributed by atoms with Gasteiger partial charge in [-0.05, 0) is 56.7 Å². The van der Waals surface area contributed by atoms with Crippen molar-refractivity contribution in [2.75, 3.05) is 43.6 Å². The summed E-state index contributed by atoms with van der Waals surface area (Å²) < 4.78 is 4.95. The molecule has 1 aromatic carbocycles. The first-order valence-electron chi connectivity index (χ1n) is 9.48. The molecule has 7 heteroatoms. The van der Waals surface area contributed by atoms with Crippen molar-refractivity contribution in [3.05, 3.63) is 53.9 Å². The molecule has 0 atom stereocenters. The number of hydrogen-bond acceptors (Lipinski definition) is 5. The number of nitrogens with zero attached hydrogens (tertiary/aromatic N) is 2. The second-order valence-corrected chi connectivity index (χ2v) is 6.21. The van der Waals surface area contributed by atoms with Gasteiger partial charge in [-0.3, -0.25) is 14.6 Å². The summed E-state index contributed by atoms with van der Waals surface area (Å²) in [6, 6.07) is 10.8. The van der Waals surface area contributed by atoms with E-state index in [1.54, 1.807) is 13.2 Å². The Hall–Kier alpha value is -2.93. The molecule has 0 aliphatic heterocycles. The molecule has 2 N–H and O–H groups in total. The normalized spacial score (nSPS) is 10.4. The number of amides is 2. The largest absolute Gasteiger partial charge is 0.385 e. The van der Waals surface area contributed by atoms with Crippen LogP contribution in [0.4, 0.5) is 11.4 Å². The fourth-order valence-corrected chi connectivity index (χ4v) is 2.75. The van der Waals surface area contributed by atoms with Gasteiger partial charge in [0.15, 0.2) is 0 Å². The van der Waals surface area contributed by atoms with E-state index in [-0.39, 0.29) is 17.5 Å². The number of nitrogens with one attached hydrogen (secondary N) is 2. The first-order valence-corrected chi connectivity index (χ1v) is 9.48. The number of benzene rings is 1. The fourth-order valence-electron chi connectivity index (χ4n) is 2.75. The van der Waals surface area contributed by atoms with Gasteiger partial charge in [0.2, 0.25) is 0 Å². The van der Waals surface area contributed by atoms with E-state index in [2.05, 4.69) is 34.4 Å². The van der Waals surface area contributed by atoms with E-state index in [9.17, 15) is 9.59 Å². The highest BCUT2D eigenvalue weighted by molar-refractivity contribution is 6.05. The monoisotopic (exact) mass is 384 g/mol. The molecule has 0 radical (unpaired) electrons. The van der Waals surface area contributed by atoms with Gasteiger partial charge < -0.3 is 20.3 Å². The van der Waals surface area contributed by atoms with Crippen LogP contribution >= 0.6 is 0 Å². The lowest BCUT2D eigenvalue weighted by Gasteiger charge is -2.21. The van der Waals surface area contributed by atoms with E-state index >= 15 is 0 Å². The van der Waals surface area contributed by atoms with Crippen molar-refractivity contribution in [2.45, 2.75) is 20.3 Å². The summed E-state index contributed by atoms with van der Waals surface area (Å²) in [5.74, 6) is -0.597. The van der Waals surface area contributed by atoms with E-state index < -0.39 is 0 Å². The number of hydrogen-bond donors (Lipinski definition) is 2. The Morgan fingerprint density at radius 2 is 1.79 bits per heavy atom. The summed E-state index contributed by atoms with van der Waals surface area (Å²) in [5, 5.41) is 5.61. The average Bonchev–Trinajstić information content (AvgIpc) is 2.73. The summed E-state index contributed by atoms with van der Waals surface area (Å²) in [7, 11) is 1.61. The zero-order valence-electron chi connectivity index (χ0n) is 16.7. The van der Waals surface area contributed by atoms with Gasteiger partial charge in [-0.1, -0.05) is 0 Å². The molecule has 0 saturated heterocycles. The van der Waals surface area contributed by atoms with E-state index in [1.807, 2.05) is 24.3 Å². The summed E-state index contributed by atoms with van der Waals surface area (Å²) in [6.07, 6.45) is 2.17. The molecular weight excluding hydrogens is 356 g/mol. The van der Waals surface area contributed by atoms with Crippen LogP contribution in [0.1, 0.15) is 41.1 Å². The van der Waals surface area contributed by atoms with Crippen LogP contribution in [0.15, 0.2) is 42.6 Å². The minimum absolute atomic E-state index is 0.210. The molecule has 0 aliphatic rings. The summed E-state index contributed by atoms with van der Waals surface area (Å²) in [4.78, 5) is 30.9. The van der Waals surface area contributed by atoms with E-state index in [1.165, 1.54) is 12.3 Å². The molecule has 0 aliphatic carbocycles. The third-order valence-corrected chi connectivity index (χ3v) is 4.32. The third-order valence-electron chi connectivity index (χ3n) is 4.32. The highest BCUT2D eigenvalue weighted by Gasteiger charge is 2.12. The van der Waals surface area contributed by atoms with Crippen LogP contribution in [0.3, 0.4) is 0 Å². The number of carbonyl (C=O) groups excluding carboxylic acids is 2. The lowest BCUT2D eigenvalue weighted by molar-refractivity contribution is 0.0943. The third kappa shape index (κ3) is 6.06. The Morgan fingerprint density at radius 1 is 1.07 bits per heavy atom. The Kier molecular flexibility index (Phi) is 8.42. The SMILES string of the molecule is CCN(CC)c1ccc(NC(=O)c2ccnc(C(=O)NCCCOC)c2)cc1. The van der Waals surface area contributed by atoms with Crippen molar-refractivity contribution in [2.24, 2.45) is 0 Å². The van der Waals surface area contributed by atoms with Crippen LogP contribution < -0.4 is 15.5 Å². The molecule has 28 heavy (non-hydrogen) atoms. The van der Waals surface area contributed by atoms with Gasteiger partial charge in [0.1, 0.15) is 5.69 Å². The number of carbonyl (C=O) groups is 2. The second kappa shape index (κ2) is 11.0. The minimum Gasteiger partial charge on any atom is -0.385 e. The minimum atomic E-state index is -0.311. The lowest BCUT2D eigenvalue weighted by atomic mass is 10.2. The predicted molar refractivity (Wildman–Crippen MR) is 111 cm³/mol. The molecule has 0 fully saturated rings. The zero-order chi connectivity index (χ0) is 20.4. The Labute approximate surface area is 166 Å². The molecule has 7 nitrogen and oxygen atoms in total. The second-order valence-electron chi connectivity index (χ2n) is 6.21. The number of ether oxygens (including phenoxy) is 1. The zero-order valence-corrected chi connectivity index (χ0v) is 16.7. The van der Waals surface area contributed by atoms with Gasteiger partial charge in [-0.15, -0.1) is 0 Å². The topological polar surface area (TPSA) is 83.6 Å². The average molecular weight is 384 g/mol. The van der Waals surface area contributed by atoms with Crippen LogP contribution in [0.5, 0.6) is 0 Å². The van der Waals surface area contributed by atoms with Crippen LogP contribution in [-0.4, -0.2) is 50.1 Å².